The minimum absolute atomic E-state index is 0.762. The molecule has 2 aromatic carbocycles. The quantitative estimate of drug-likeness (QED) is 0.739. The first-order chi connectivity index (χ1) is 9.22. The summed E-state index contributed by atoms with van der Waals surface area (Å²) < 4.78 is 5.59. The Kier molecular flexibility index (Phi) is 4.40. The summed E-state index contributed by atoms with van der Waals surface area (Å²) in [6.07, 6.45) is 1.03. The van der Waals surface area contributed by atoms with Gasteiger partial charge in [0, 0.05) is 0 Å². The Hall–Kier alpha value is -2.02. The molecule has 2 rings (SSSR count). The van der Waals surface area contributed by atoms with Crippen molar-refractivity contribution in [2.24, 2.45) is 0 Å². The second kappa shape index (κ2) is 6.24. The maximum Gasteiger partial charge on any atom is 0.119 e. The molecule has 0 aromatic heterocycles. The van der Waals surface area contributed by atoms with Crippen LogP contribution in [0, 0.1) is 6.92 Å². The summed E-state index contributed by atoms with van der Waals surface area (Å²) in [5.74, 6) is 0.920. The van der Waals surface area contributed by atoms with Gasteiger partial charge in [0.15, 0.2) is 0 Å². The highest BCUT2D eigenvalue weighted by Gasteiger charge is 2.05. The van der Waals surface area contributed by atoms with Crippen LogP contribution in [0.2, 0.25) is 0 Å². The maximum atomic E-state index is 5.59. The second-order valence-corrected chi connectivity index (χ2v) is 4.67. The minimum Gasteiger partial charge on any atom is -0.494 e. The first-order valence-electron chi connectivity index (χ1n) is 6.70. The number of aryl methyl sites for hydroxylation is 1. The maximum absolute atomic E-state index is 5.59. The van der Waals surface area contributed by atoms with Crippen molar-refractivity contribution >= 4 is 5.57 Å². The summed E-state index contributed by atoms with van der Waals surface area (Å²) >= 11 is 0. The lowest BCUT2D eigenvalue weighted by Crippen LogP contribution is -1.95. The number of hydrogen-bond acceptors (Lipinski definition) is 1. The molecule has 1 nitrogen and oxygen atoms in total. The van der Waals surface area contributed by atoms with E-state index in [-0.39, 0.29) is 0 Å². The normalized spacial score (nSPS) is 10.2. The van der Waals surface area contributed by atoms with Crippen molar-refractivity contribution in [3.8, 4) is 5.75 Å². The van der Waals surface area contributed by atoms with E-state index in [0.717, 1.165) is 29.9 Å². The fourth-order valence-electron chi connectivity index (χ4n) is 2.04. The zero-order valence-corrected chi connectivity index (χ0v) is 11.6. The Morgan fingerprint density at radius 3 is 2.37 bits per heavy atom. The van der Waals surface area contributed by atoms with Gasteiger partial charge in [0.05, 0.1) is 6.61 Å². The SMILES string of the molecule is C=C(c1ccc(OCCC)cc1)c1ccccc1C. The van der Waals surface area contributed by atoms with Gasteiger partial charge in [-0.05, 0) is 47.7 Å². The van der Waals surface area contributed by atoms with Crippen LogP contribution in [0.3, 0.4) is 0 Å². The minimum atomic E-state index is 0.762. The van der Waals surface area contributed by atoms with E-state index in [1.54, 1.807) is 0 Å². The summed E-state index contributed by atoms with van der Waals surface area (Å²) in [7, 11) is 0. The van der Waals surface area contributed by atoms with Crippen LogP contribution in [0.25, 0.3) is 5.57 Å². The summed E-state index contributed by atoms with van der Waals surface area (Å²) in [5, 5.41) is 0. The van der Waals surface area contributed by atoms with E-state index in [1.807, 2.05) is 24.3 Å². The Morgan fingerprint density at radius 1 is 1.05 bits per heavy atom. The number of ether oxygens (including phenoxy) is 1. The third-order valence-corrected chi connectivity index (χ3v) is 3.15. The first kappa shape index (κ1) is 13.4. The number of rotatable bonds is 5. The Morgan fingerprint density at radius 2 is 1.74 bits per heavy atom. The van der Waals surface area contributed by atoms with Crippen molar-refractivity contribution in [3.63, 3.8) is 0 Å². The Balaban J connectivity index is 2.18. The molecule has 0 aliphatic rings. The van der Waals surface area contributed by atoms with Gasteiger partial charge in [0.25, 0.3) is 0 Å². The zero-order valence-electron chi connectivity index (χ0n) is 11.6. The molecule has 0 amide bonds. The first-order valence-corrected chi connectivity index (χ1v) is 6.70. The highest BCUT2D eigenvalue weighted by molar-refractivity contribution is 5.79. The second-order valence-electron chi connectivity index (χ2n) is 4.67. The Bertz CT molecular complexity index is 552. The van der Waals surface area contributed by atoms with E-state index in [4.69, 9.17) is 4.74 Å². The molecular formula is C18H20O. The van der Waals surface area contributed by atoms with Gasteiger partial charge in [-0.25, -0.2) is 0 Å². The van der Waals surface area contributed by atoms with Crippen LogP contribution in [-0.2, 0) is 0 Å². The van der Waals surface area contributed by atoms with Gasteiger partial charge in [-0.15, -0.1) is 0 Å². The van der Waals surface area contributed by atoms with Crippen LogP contribution < -0.4 is 4.74 Å². The summed E-state index contributed by atoms with van der Waals surface area (Å²) in [6.45, 7) is 9.18. The average molecular weight is 252 g/mol. The molecule has 0 bridgehead atoms. The molecule has 2 aromatic rings. The van der Waals surface area contributed by atoms with Gasteiger partial charge < -0.3 is 4.74 Å². The number of benzene rings is 2. The van der Waals surface area contributed by atoms with E-state index < -0.39 is 0 Å². The molecule has 0 spiro atoms. The molecule has 0 unspecified atom stereocenters. The lowest BCUT2D eigenvalue weighted by Gasteiger charge is -2.10. The van der Waals surface area contributed by atoms with E-state index in [9.17, 15) is 0 Å². The van der Waals surface area contributed by atoms with Gasteiger partial charge in [-0.1, -0.05) is 49.9 Å². The standard InChI is InChI=1S/C18H20O/c1-4-13-19-17-11-9-16(10-12-17)15(3)18-8-6-5-7-14(18)2/h5-12H,3-4,13H2,1-2H3. The van der Waals surface area contributed by atoms with Crippen LogP contribution in [0.4, 0.5) is 0 Å². The highest BCUT2D eigenvalue weighted by atomic mass is 16.5. The van der Waals surface area contributed by atoms with Gasteiger partial charge in [0.1, 0.15) is 5.75 Å². The number of hydrogen-bond donors (Lipinski definition) is 0. The summed E-state index contributed by atoms with van der Waals surface area (Å²) in [4.78, 5) is 0. The predicted octanol–water partition coefficient (Wildman–Crippen LogP) is 4.85. The van der Waals surface area contributed by atoms with Crippen molar-refractivity contribution in [2.45, 2.75) is 20.3 Å². The largest absolute Gasteiger partial charge is 0.494 e. The van der Waals surface area contributed by atoms with Crippen LogP contribution in [-0.4, -0.2) is 6.61 Å². The van der Waals surface area contributed by atoms with Crippen LogP contribution in [0.15, 0.2) is 55.1 Å². The smallest absolute Gasteiger partial charge is 0.119 e. The van der Waals surface area contributed by atoms with Crippen LogP contribution in [0.1, 0.15) is 30.0 Å². The van der Waals surface area contributed by atoms with Crippen molar-refractivity contribution in [1.82, 2.24) is 0 Å². The van der Waals surface area contributed by atoms with E-state index >= 15 is 0 Å². The van der Waals surface area contributed by atoms with Crippen LogP contribution >= 0.6 is 0 Å². The fourth-order valence-corrected chi connectivity index (χ4v) is 2.04. The fraction of sp³-hybridized carbons (Fsp3) is 0.222. The van der Waals surface area contributed by atoms with E-state index in [2.05, 4.69) is 44.7 Å². The van der Waals surface area contributed by atoms with Gasteiger partial charge in [-0.2, -0.15) is 0 Å². The van der Waals surface area contributed by atoms with Crippen molar-refractivity contribution in [1.29, 1.82) is 0 Å². The molecule has 0 aliphatic heterocycles. The lowest BCUT2D eigenvalue weighted by atomic mass is 9.96. The van der Waals surface area contributed by atoms with E-state index in [0.29, 0.717) is 0 Å². The van der Waals surface area contributed by atoms with Crippen molar-refractivity contribution in [3.05, 3.63) is 71.8 Å². The predicted molar refractivity (Wildman–Crippen MR) is 81.5 cm³/mol. The molecule has 0 radical (unpaired) electrons. The Labute approximate surface area is 115 Å². The third-order valence-electron chi connectivity index (χ3n) is 3.15. The summed E-state index contributed by atoms with van der Waals surface area (Å²) in [6, 6.07) is 16.5. The molecule has 19 heavy (non-hydrogen) atoms. The monoisotopic (exact) mass is 252 g/mol. The molecule has 0 atom stereocenters. The van der Waals surface area contributed by atoms with Gasteiger partial charge in [-0.3, -0.25) is 0 Å². The molecule has 0 saturated carbocycles. The van der Waals surface area contributed by atoms with Gasteiger partial charge >= 0.3 is 0 Å². The topological polar surface area (TPSA) is 9.23 Å². The van der Waals surface area contributed by atoms with Gasteiger partial charge in [0.2, 0.25) is 0 Å². The molecule has 0 aliphatic carbocycles. The summed E-state index contributed by atoms with van der Waals surface area (Å²) in [5.41, 5.74) is 4.64. The molecule has 98 valence electrons. The molecular weight excluding hydrogens is 232 g/mol. The molecule has 0 heterocycles. The average Bonchev–Trinajstić information content (AvgIpc) is 2.45. The highest BCUT2D eigenvalue weighted by Crippen LogP contribution is 2.25. The van der Waals surface area contributed by atoms with Crippen molar-refractivity contribution < 1.29 is 4.74 Å². The molecule has 0 fully saturated rings. The third kappa shape index (κ3) is 3.25. The lowest BCUT2D eigenvalue weighted by molar-refractivity contribution is 0.317. The van der Waals surface area contributed by atoms with Crippen LogP contribution in [0.5, 0.6) is 5.75 Å². The van der Waals surface area contributed by atoms with Crippen molar-refractivity contribution in [2.75, 3.05) is 6.61 Å². The molecule has 1 heteroatoms. The molecule has 0 N–H and O–H groups in total. The van der Waals surface area contributed by atoms with E-state index in [1.165, 1.54) is 11.1 Å². The zero-order chi connectivity index (χ0) is 13.7. The molecule has 0 saturated heterocycles.